The van der Waals surface area contributed by atoms with Crippen molar-refractivity contribution in [3.8, 4) is 22.6 Å². The maximum Gasteiger partial charge on any atom is 0.259 e. The van der Waals surface area contributed by atoms with E-state index in [4.69, 9.17) is 9.47 Å². The van der Waals surface area contributed by atoms with E-state index in [-0.39, 0.29) is 17.4 Å². The maximum absolute atomic E-state index is 12.7. The van der Waals surface area contributed by atoms with Gasteiger partial charge in [0.1, 0.15) is 11.5 Å². The standard InChI is InChI=1S/C36H45N5O4/c1-40-24-31(29-15-18-37-21-30(29)36(40)43)26-19-33(44-2)32(34(20-26)45-3)25-41-22-27(23-41)35(42)39-17-12-7-5-4-6-11-16-38-28-13-9-8-10-14-28/h8-10,13-15,18-21,24,27,38H,4-7,11-12,16-17,22-23,25H2,1-3H3,(H,39,42). The number of nitrogens with zero attached hydrogens (tertiary/aromatic N) is 3. The van der Waals surface area contributed by atoms with Gasteiger partial charge in [0.05, 0.1) is 31.1 Å². The number of hydrogen-bond donors (Lipinski definition) is 2. The van der Waals surface area contributed by atoms with Crippen LogP contribution in [0.15, 0.2) is 71.9 Å². The van der Waals surface area contributed by atoms with Gasteiger partial charge in [-0.05, 0) is 54.1 Å². The van der Waals surface area contributed by atoms with Crippen LogP contribution in [0.2, 0.25) is 0 Å². The lowest BCUT2D eigenvalue weighted by Gasteiger charge is -2.38. The number of para-hydroxylation sites is 1. The maximum atomic E-state index is 12.7. The molecule has 0 atom stereocenters. The number of likely N-dealkylation sites (tertiary alicyclic amines) is 1. The fourth-order valence-corrected chi connectivity index (χ4v) is 6.03. The topological polar surface area (TPSA) is 97.7 Å². The fraction of sp³-hybridized carbons (Fsp3) is 0.417. The van der Waals surface area contributed by atoms with E-state index in [2.05, 4.69) is 44.8 Å². The summed E-state index contributed by atoms with van der Waals surface area (Å²) in [4.78, 5) is 31.8. The molecule has 0 spiro atoms. The lowest BCUT2D eigenvalue weighted by Crippen LogP contribution is -2.53. The van der Waals surface area contributed by atoms with Gasteiger partial charge in [-0.15, -0.1) is 0 Å². The molecule has 2 N–H and O–H groups in total. The number of carbonyl (C=O) groups excluding carboxylic acids is 1. The number of carbonyl (C=O) groups is 1. The van der Waals surface area contributed by atoms with Crippen LogP contribution in [0, 0.1) is 5.92 Å². The van der Waals surface area contributed by atoms with Crippen LogP contribution in [0.25, 0.3) is 21.9 Å². The molecule has 2 aromatic heterocycles. The molecular weight excluding hydrogens is 566 g/mol. The quantitative estimate of drug-likeness (QED) is 0.159. The summed E-state index contributed by atoms with van der Waals surface area (Å²) < 4.78 is 13.2. The summed E-state index contributed by atoms with van der Waals surface area (Å²) >= 11 is 0. The molecule has 9 nitrogen and oxygen atoms in total. The molecule has 1 aliphatic heterocycles. The van der Waals surface area contributed by atoms with E-state index in [9.17, 15) is 9.59 Å². The minimum Gasteiger partial charge on any atom is -0.496 e. The predicted molar refractivity (Wildman–Crippen MR) is 180 cm³/mol. The Kier molecular flexibility index (Phi) is 11.1. The number of aromatic nitrogens is 2. The van der Waals surface area contributed by atoms with Crippen LogP contribution in [0.5, 0.6) is 11.5 Å². The van der Waals surface area contributed by atoms with E-state index < -0.39 is 0 Å². The SMILES string of the molecule is COc1cc(-c2cn(C)c(=O)c3cnccc23)cc(OC)c1CN1CC(C(=O)NCCCCCCCCNc2ccccc2)C1. The van der Waals surface area contributed by atoms with Crippen molar-refractivity contribution in [2.24, 2.45) is 13.0 Å². The Balaban J connectivity index is 1.06. The molecule has 9 heteroatoms. The highest BCUT2D eigenvalue weighted by atomic mass is 16.5. The molecule has 1 saturated heterocycles. The summed E-state index contributed by atoms with van der Waals surface area (Å²) in [6, 6.07) is 16.2. The van der Waals surface area contributed by atoms with Gasteiger partial charge in [-0.25, -0.2) is 0 Å². The molecule has 1 aliphatic rings. The van der Waals surface area contributed by atoms with Gasteiger partial charge in [-0.2, -0.15) is 0 Å². The third-order valence-corrected chi connectivity index (χ3v) is 8.62. The molecule has 238 valence electrons. The van der Waals surface area contributed by atoms with Crippen LogP contribution in [0.3, 0.4) is 0 Å². The molecular formula is C36H45N5O4. The molecule has 1 amide bonds. The lowest BCUT2D eigenvalue weighted by atomic mass is 9.96. The first kappa shape index (κ1) is 32.0. The first-order valence-electron chi connectivity index (χ1n) is 16.0. The molecule has 0 unspecified atom stereocenters. The number of amides is 1. The van der Waals surface area contributed by atoms with Gasteiger partial charge >= 0.3 is 0 Å². The van der Waals surface area contributed by atoms with Gasteiger partial charge in [0.25, 0.3) is 5.56 Å². The number of ether oxygens (including phenoxy) is 2. The summed E-state index contributed by atoms with van der Waals surface area (Å²) in [6.45, 7) is 3.78. The molecule has 0 bridgehead atoms. The number of pyridine rings is 2. The number of hydrogen-bond acceptors (Lipinski definition) is 7. The van der Waals surface area contributed by atoms with Crippen molar-refractivity contribution in [3.63, 3.8) is 0 Å². The molecule has 5 rings (SSSR count). The Hall–Kier alpha value is -4.37. The Bertz CT molecular complexity index is 1610. The molecule has 3 heterocycles. The number of methoxy groups -OCH3 is 2. The van der Waals surface area contributed by atoms with Gasteiger partial charge in [0.2, 0.25) is 5.91 Å². The summed E-state index contributed by atoms with van der Waals surface area (Å²) in [7, 11) is 5.05. The molecule has 0 aliphatic carbocycles. The van der Waals surface area contributed by atoms with Crippen LogP contribution in [0.1, 0.15) is 44.1 Å². The van der Waals surface area contributed by atoms with Gasteiger partial charge in [0.15, 0.2) is 0 Å². The smallest absolute Gasteiger partial charge is 0.259 e. The van der Waals surface area contributed by atoms with Gasteiger partial charge in [0, 0.05) is 69.6 Å². The first-order chi connectivity index (χ1) is 22.0. The van der Waals surface area contributed by atoms with E-state index in [1.165, 1.54) is 31.4 Å². The largest absolute Gasteiger partial charge is 0.496 e. The third-order valence-electron chi connectivity index (χ3n) is 8.62. The van der Waals surface area contributed by atoms with Crippen LogP contribution >= 0.6 is 0 Å². The number of unbranched alkanes of at least 4 members (excludes halogenated alkanes) is 5. The highest BCUT2D eigenvalue weighted by Crippen LogP contribution is 2.38. The molecule has 45 heavy (non-hydrogen) atoms. The van der Waals surface area contributed by atoms with Crippen molar-refractivity contribution >= 4 is 22.4 Å². The molecule has 1 fully saturated rings. The van der Waals surface area contributed by atoms with E-state index in [1.807, 2.05) is 30.5 Å². The van der Waals surface area contributed by atoms with Crippen LogP contribution < -0.4 is 25.7 Å². The molecule has 4 aromatic rings. The van der Waals surface area contributed by atoms with Crippen molar-refractivity contribution in [2.75, 3.05) is 45.7 Å². The number of fused-ring (bicyclic) bond motifs is 1. The Labute approximate surface area is 265 Å². The van der Waals surface area contributed by atoms with Gasteiger partial charge in [-0.3, -0.25) is 19.5 Å². The molecule has 2 aromatic carbocycles. The number of rotatable bonds is 16. The number of aryl methyl sites for hydroxylation is 1. The van der Waals surface area contributed by atoms with Crippen molar-refractivity contribution < 1.29 is 14.3 Å². The Morgan fingerprint density at radius 3 is 2.27 bits per heavy atom. The van der Waals surface area contributed by atoms with Crippen molar-refractivity contribution in [1.29, 1.82) is 0 Å². The van der Waals surface area contributed by atoms with Crippen molar-refractivity contribution in [3.05, 3.63) is 83.0 Å². The van der Waals surface area contributed by atoms with E-state index in [0.29, 0.717) is 36.5 Å². The third kappa shape index (κ3) is 8.02. The fourth-order valence-electron chi connectivity index (χ4n) is 6.03. The van der Waals surface area contributed by atoms with Crippen LogP contribution in [-0.4, -0.2) is 60.8 Å². The zero-order valence-electron chi connectivity index (χ0n) is 26.7. The normalized spacial score (nSPS) is 13.4. The van der Waals surface area contributed by atoms with Crippen molar-refractivity contribution in [1.82, 2.24) is 19.8 Å². The second-order valence-electron chi connectivity index (χ2n) is 11.8. The van der Waals surface area contributed by atoms with Gasteiger partial charge in [-0.1, -0.05) is 43.9 Å². The summed E-state index contributed by atoms with van der Waals surface area (Å²) in [5, 5.41) is 7.99. The lowest BCUT2D eigenvalue weighted by molar-refractivity contribution is -0.130. The summed E-state index contributed by atoms with van der Waals surface area (Å²) in [6.07, 6.45) is 12.1. The average molecular weight is 612 g/mol. The number of nitrogens with one attached hydrogen (secondary N) is 2. The number of anilines is 1. The Morgan fingerprint density at radius 1 is 0.911 bits per heavy atom. The number of benzene rings is 2. The Morgan fingerprint density at radius 2 is 1.58 bits per heavy atom. The zero-order chi connectivity index (χ0) is 31.6. The minimum atomic E-state index is -0.0903. The predicted octanol–water partition coefficient (Wildman–Crippen LogP) is 5.62. The van der Waals surface area contributed by atoms with E-state index in [0.717, 1.165) is 48.0 Å². The molecule has 0 radical (unpaired) electrons. The summed E-state index contributed by atoms with van der Waals surface area (Å²) in [5.41, 5.74) is 3.82. The monoisotopic (exact) mass is 611 g/mol. The van der Waals surface area contributed by atoms with Crippen molar-refractivity contribution in [2.45, 2.75) is 45.1 Å². The minimum absolute atomic E-state index is 0.00366. The highest BCUT2D eigenvalue weighted by Gasteiger charge is 2.33. The highest BCUT2D eigenvalue weighted by molar-refractivity contribution is 5.95. The van der Waals surface area contributed by atoms with Gasteiger partial charge < -0.3 is 24.7 Å². The second kappa shape index (κ2) is 15.6. The zero-order valence-corrected chi connectivity index (χ0v) is 26.7. The first-order valence-corrected chi connectivity index (χ1v) is 16.0. The molecule has 0 saturated carbocycles. The van der Waals surface area contributed by atoms with Crippen LogP contribution in [-0.2, 0) is 18.4 Å². The average Bonchev–Trinajstić information content (AvgIpc) is 3.05. The van der Waals surface area contributed by atoms with E-state index in [1.54, 1.807) is 38.2 Å². The van der Waals surface area contributed by atoms with Crippen LogP contribution in [0.4, 0.5) is 5.69 Å². The second-order valence-corrected chi connectivity index (χ2v) is 11.8. The van der Waals surface area contributed by atoms with E-state index >= 15 is 0 Å². The summed E-state index contributed by atoms with van der Waals surface area (Å²) in [5.74, 6) is 1.56.